The number of benzene rings is 1. The van der Waals surface area contributed by atoms with Crippen molar-refractivity contribution in [2.75, 3.05) is 14.2 Å². The van der Waals surface area contributed by atoms with E-state index in [2.05, 4.69) is 4.98 Å². The number of H-pyrrole nitrogens is 1. The Kier molecular flexibility index (Phi) is 2.08. The molecule has 0 atom stereocenters. The molecule has 0 radical (unpaired) electrons. The molecule has 0 amide bonds. The quantitative estimate of drug-likeness (QED) is 0.791. The summed E-state index contributed by atoms with van der Waals surface area (Å²) in [4.78, 5) is 3.18. The highest BCUT2D eigenvalue weighted by Crippen LogP contribution is 2.35. The first kappa shape index (κ1) is 8.94. The fourth-order valence-electron chi connectivity index (χ4n) is 1.74. The van der Waals surface area contributed by atoms with Crippen LogP contribution in [0.3, 0.4) is 0 Å². The average molecular weight is 191 g/mol. The van der Waals surface area contributed by atoms with Crippen LogP contribution in [0.1, 0.15) is 5.56 Å². The SMILES string of the molecule is COc1cc2cc[nH]c2c(C)c1OC. The summed E-state index contributed by atoms with van der Waals surface area (Å²) in [5.74, 6) is 1.57. The van der Waals surface area contributed by atoms with Gasteiger partial charge in [0.25, 0.3) is 0 Å². The minimum atomic E-state index is 0.775. The Morgan fingerprint density at radius 3 is 2.64 bits per heavy atom. The van der Waals surface area contributed by atoms with Crippen molar-refractivity contribution in [2.24, 2.45) is 0 Å². The zero-order valence-corrected chi connectivity index (χ0v) is 8.55. The average Bonchev–Trinajstić information content (AvgIpc) is 2.65. The maximum absolute atomic E-state index is 5.30. The van der Waals surface area contributed by atoms with E-state index in [0.717, 1.165) is 28.0 Å². The lowest BCUT2D eigenvalue weighted by Gasteiger charge is -2.10. The van der Waals surface area contributed by atoms with Crippen LogP contribution in [0.4, 0.5) is 0 Å². The van der Waals surface area contributed by atoms with Gasteiger partial charge in [0.15, 0.2) is 11.5 Å². The van der Waals surface area contributed by atoms with Gasteiger partial charge >= 0.3 is 0 Å². The Hall–Kier alpha value is -1.64. The molecule has 0 fully saturated rings. The van der Waals surface area contributed by atoms with E-state index in [1.807, 2.05) is 25.3 Å². The molecule has 0 saturated heterocycles. The third-order valence-corrected chi connectivity index (χ3v) is 2.43. The number of fused-ring (bicyclic) bond motifs is 1. The van der Waals surface area contributed by atoms with Gasteiger partial charge in [0.1, 0.15) is 0 Å². The van der Waals surface area contributed by atoms with Gasteiger partial charge in [0.2, 0.25) is 0 Å². The van der Waals surface area contributed by atoms with Gasteiger partial charge in [-0.05, 0) is 19.1 Å². The Morgan fingerprint density at radius 1 is 1.21 bits per heavy atom. The third-order valence-electron chi connectivity index (χ3n) is 2.43. The van der Waals surface area contributed by atoms with E-state index < -0.39 is 0 Å². The van der Waals surface area contributed by atoms with Gasteiger partial charge in [-0.1, -0.05) is 0 Å². The summed E-state index contributed by atoms with van der Waals surface area (Å²) in [7, 11) is 3.30. The fraction of sp³-hybridized carbons (Fsp3) is 0.273. The second-order valence-electron chi connectivity index (χ2n) is 3.18. The van der Waals surface area contributed by atoms with Crippen LogP contribution >= 0.6 is 0 Å². The molecule has 2 aromatic rings. The van der Waals surface area contributed by atoms with Gasteiger partial charge in [-0.15, -0.1) is 0 Å². The number of methoxy groups -OCH3 is 2. The van der Waals surface area contributed by atoms with Crippen molar-refractivity contribution < 1.29 is 9.47 Å². The lowest BCUT2D eigenvalue weighted by atomic mass is 10.1. The Morgan fingerprint density at radius 2 is 2.00 bits per heavy atom. The molecule has 0 bridgehead atoms. The van der Waals surface area contributed by atoms with Crippen molar-refractivity contribution >= 4 is 10.9 Å². The molecule has 1 aromatic carbocycles. The fourth-order valence-corrected chi connectivity index (χ4v) is 1.74. The highest BCUT2D eigenvalue weighted by atomic mass is 16.5. The number of hydrogen-bond acceptors (Lipinski definition) is 2. The van der Waals surface area contributed by atoms with Crippen LogP contribution in [0.5, 0.6) is 11.5 Å². The number of nitrogens with one attached hydrogen (secondary N) is 1. The molecule has 0 unspecified atom stereocenters. The van der Waals surface area contributed by atoms with Gasteiger partial charge in [-0.3, -0.25) is 0 Å². The van der Waals surface area contributed by atoms with Crippen LogP contribution < -0.4 is 9.47 Å². The van der Waals surface area contributed by atoms with Crippen molar-refractivity contribution in [1.29, 1.82) is 0 Å². The molecule has 3 heteroatoms. The largest absolute Gasteiger partial charge is 0.493 e. The number of aromatic amines is 1. The highest BCUT2D eigenvalue weighted by molar-refractivity contribution is 5.87. The molecule has 14 heavy (non-hydrogen) atoms. The summed E-state index contributed by atoms with van der Waals surface area (Å²) in [6.45, 7) is 2.01. The predicted octanol–water partition coefficient (Wildman–Crippen LogP) is 2.49. The molecular weight excluding hydrogens is 178 g/mol. The molecule has 2 rings (SSSR count). The highest BCUT2D eigenvalue weighted by Gasteiger charge is 2.11. The number of hydrogen-bond donors (Lipinski definition) is 1. The van der Waals surface area contributed by atoms with Crippen LogP contribution in [-0.2, 0) is 0 Å². The zero-order valence-electron chi connectivity index (χ0n) is 8.55. The van der Waals surface area contributed by atoms with Crippen molar-refractivity contribution in [3.05, 3.63) is 23.9 Å². The lowest BCUT2D eigenvalue weighted by molar-refractivity contribution is 0.354. The zero-order chi connectivity index (χ0) is 10.1. The molecule has 1 N–H and O–H groups in total. The van der Waals surface area contributed by atoms with Gasteiger partial charge in [-0.25, -0.2) is 0 Å². The number of aromatic nitrogens is 1. The van der Waals surface area contributed by atoms with Crippen LogP contribution in [0.2, 0.25) is 0 Å². The standard InChI is InChI=1S/C11H13NO2/c1-7-10-8(4-5-12-10)6-9(13-2)11(7)14-3/h4-6,12H,1-3H3. The molecule has 0 saturated carbocycles. The minimum Gasteiger partial charge on any atom is -0.493 e. The van der Waals surface area contributed by atoms with Crippen molar-refractivity contribution in [1.82, 2.24) is 4.98 Å². The molecular formula is C11H13NO2. The Balaban J connectivity index is 2.79. The number of ether oxygens (including phenoxy) is 2. The topological polar surface area (TPSA) is 34.2 Å². The maximum Gasteiger partial charge on any atom is 0.165 e. The Bertz CT molecular complexity index is 460. The van der Waals surface area contributed by atoms with Crippen molar-refractivity contribution in [3.63, 3.8) is 0 Å². The molecule has 0 aliphatic rings. The van der Waals surface area contributed by atoms with Gasteiger partial charge in [0, 0.05) is 17.1 Å². The first-order valence-corrected chi connectivity index (χ1v) is 4.46. The minimum absolute atomic E-state index is 0.775. The molecule has 0 spiro atoms. The first-order chi connectivity index (χ1) is 6.77. The third kappa shape index (κ3) is 1.13. The van der Waals surface area contributed by atoms with Crippen molar-refractivity contribution in [2.45, 2.75) is 6.92 Å². The molecule has 74 valence electrons. The monoisotopic (exact) mass is 191 g/mol. The second kappa shape index (κ2) is 3.25. The molecule has 1 heterocycles. The Labute approximate surface area is 82.6 Å². The summed E-state index contributed by atoms with van der Waals surface area (Å²) in [6.07, 6.45) is 1.91. The van der Waals surface area contributed by atoms with Crippen LogP contribution in [0, 0.1) is 6.92 Å². The van der Waals surface area contributed by atoms with E-state index in [0.29, 0.717) is 0 Å². The van der Waals surface area contributed by atoms with E-state index >= 15 is 0 Å². The van der Waals surface area contributed by atoms with Crippen LogP contribution in [-0.4, -0.2) is 19.2 Å². The number of rotatable bonds is 2. The maximum atomic E-state index is 5.30. The lowest BCUT2D eigenvalue weighted by Crippen LogP contribution is -1.93. The molecule has 1 aromatic heterocycles. The van der Waals surface area contributed by atoms with Crippen molar-refractivity contribution in [3.8, 4) is 11.5 Å². The summed E-state index contributed by atoms with van der Waals surface area (Å²) in [5, 5.41) is 1.14. The van der Waals surface area contributed by atoms with E-state index in [1.54, 1.807) is 14.2 Å². The van der Waals surface area contributed by atoms with E-state index in [4.69, 9.17) is 9.47 Å². The first-order valence-electron chi connectivity index (χ1n) is 4.46. The summed E-state index contributed by atoms with van der Waals surface area (Å²) >= 11 is 0. The van der Waals surface area contributed by atoms with E-state index in [-0.39, 0.29) is 0 Å². The number of aryl methyl sites for hydroxylation is 1. The van der Waals surface area contributed by atoms with E-state index in [1.165, 1.54) is 0 Å². The summed E-state index contributed by atoms with van der Waals surface area (Å²) in [5.41, 5.74) is 2.18. The molecule has 0 aliphatic heterocycles. The summed E-state index contributed by atoms with van der Waals surface area (Å²) < 4.78 is 10.6. The smallest absolute Gasteiger partial charge is 0.165 e. The van der Waals surface area contributed by atoms with Gasteiger partial charge < -0.3 is 14.5 Å². The van der Waals surface area contributed by atoms with E-state index in [9.17, 15) is 0 Å². The normalized spacial score (nSPS) is 10.5. The second-order valence-corrected chi connectivity index (χ2v) is 3.18. The van der Waals surface area contributed by atoms with Crippen LogP contribution in [0.25, 0.3) is 10.9 Å². The summed E-state index contributed by atoms with van der Waals surface area (Å²) in [6, 6.07) is 3.99. The van der Waals surface area contributed by atoms with Gasteiger partial charge in [0.05, 0.1) is 19.7 Å². The predicted molar refractivity (Wildman–Crippen MR) is 56.1 cm³/mol. The van der Waals surface area contributed by atoms with Crippen LogP contribution in [0.15, 0.2) is 18.3 Å². The molecule has 0 aliphatic carbocycles. The van der Waals surface area contributed by atoms with Gasteiger partial charge in [-0.2, -0.15) is 0 Å². The molecule has 3 nitrogen and oxygen atoms in total.